The van der Waals surface area contributed by atoms with Gasteiger partial charge in [0.1, 0.15) is 30.3 Å². The molecule has 0 radical (unpaired) electrons. The molecule has 2 N–H and O–H groups in total. The van der Waals surface area contributed by atoms with Gasteiger partial charge in [-0.25, -0.2) is 14.6 Å². The zero-order valence-corrected chi connectivity index (χ0v) is 26.9. The van der Waals surface area contributed by atoms with E-state index in [9.17, 15) is 29.9 Å². The van der Waals surface area contributed by atoms with Crippen LogP contribution in [-0.2, 0) is 37.6 Å². The van der Waals surface area contributed by atoms with Gasteiger partial charge in [-0.05, 0) is 49.1 Å². The van der Waals surface area contributed by atoms with Gasteiger partial charge < -0.3 is 33.8 Å². The number of aromatic carboxylic acids is 1. The molecule has 0 bridgehead atoms. The summed E-state index contributed by atoms with van der Waals surface area (Å²) in [6.07, 6.45) is -0.627. The summed E-state index contributed by atoms with van der Waals surface area (Å²) in [5, 5.41) is 42.4. The van der Waals surface area contributed by atoms with Crippen LogP contribution in [0.15, 0.2) is 48.5 Å². The fourth-order valence-corrected chi connectivity index (χ4v) is 4.79. The molecule has 48 heavy (non-hydrogen) atoms. The number of carbonyl (C=O) groups is 2. The molecule has 0 saturated carbocycles. The largest absolute Gasteiger partial charge is 0.510 e. The van der Waals surface area contributed by atoms with E-state index in [1.165, 1.54) is 20.8 Å². The second kappa shape index (κ2) is 15.9. The summed E-state index contributed by atoms with van der Waals surface area (Å²) in [5.74, 6) is -0.277. The summed E-state index contributed by atoms with van der Waals surface area (Å²) in [4.78, 5) is 44.2. The summed E-state index contributed by atoms with van der Waals surface area (Å²) in [5.41, 5.74) is 1.85. The molecule has 1 atom stereocenters. The zero-order chi connectivity index (χ0) is 34.8. The number of hydrogen-bond donors (Lipinski definition) is 2. The van der Waals surface area contributed by atoms with Gasteiger partial charge in [-0.2, -0.15) is 0 Å². The van der Waals surface area contributed by atoms with Crippen molar-refractivity contribution in [3.63, 3.8) is 0 Å². The molecule has 0 aliphatic rings. The van der Waals surface area contributed by atoms with Gasteiger partial charge in [-0.3, -0.25) is 0 Å². The van der Waals surface area contributed by atoms with Crippen molar-refractivity contribution in [1.29, 1.82) is 0 Å². The third kappa shape index (κ3) is 9.10. The number of tetrazole rings is 1. The lowest BCUT2D eigenvalue weighted by Crippen LogP contribution is -2.22. The Morgan fingerprint density at radius 3 is 2.38 bits per heavy atom. The van der Waals surface area contributed by atoms with E-state index >= 15 is 0 Å². The van der Waals surface area contributed by atoms with Crippen LogP contribution in [0.25, 0.3) is 22.5 Å². The van der Waals surface area contributed by atoms with E-state index in [0.29, 0.717) is 17.8 Å². The Bertz CT molecular complexity index is 1710. The van der Waals surface area contributed by atoms with E-state index in [0.717, 1.165) is 27.9 Å². The number of nitrogens with zero attached hydrogens (tertiary/aromatic N) is 7. The quantitative estimate of drug-likeness (QED) is 0.0704. The normalized spacial score (nSPS) is 12.0. The maximum atomic E-state index is 12.3. The average molecular weight is 668 g/mol. The van der Waals surface area contributed by atoms with Crippen LogP contribution in [0.2, 0.25) is 0 Å². The Kier molecular flexibility index (Phi) is 11.8. The van der Waals surface area contributed by atoms with Gasteiger partial charge in [0.2, 0.25) is 12.1 Å². The highest BCUT2D eigenvalue weighted by Gasteiger charge is 2.31. The molecule has 1 unspecified atom stereocenters. The standard InChI is InChI=1S/C31H37N7O10/c1-5-8-25-32-27(31(3,4)42)26(29(39)40)36(25)19-21-11-13-22(14-12-21)23-9-6-7-10-24(23)28-33-35-37(34-28)20(2)48-30(41)46-17-15-45-16-18-47-38(43)44/h6-7,9-14,20,42H,5,8,15-19H2,1-4H3,(H,39,40). The second-order valence-corrected chi connectivity index (χ2v) is 11.1. The number of carboxylic acid groups (broad SMARTS) is 1. The van der Waals surface area contributed by atoms with E-state index in [1.807, 2.05) is 55.5 Å². The van der Waals surface area contributed by atoms with E-state index < -0.39 is 29.0 Å². The minimum absolute atomic E-state index is 0.0101. The molecule has 4 aromatic rings. The van der Waals surface area contributed by atoms with E-state index in [4.69, 9.17) is 14.2 Å². The van der Waals surface area contributed by atoms with Crippen LogP contribution < -0.4 is 0 Å². The lowest BCUT2D eigenvalue weighted by molar-refractivity contribution is -0.758. The SMILES string of the molecule is CCCc1nc(C(C)(C)O)c(C(=O)O)n1Cc1ccc(-c2ccccc2-c2nnn(C(C)OC(=O)OCCOCCO[N+](=O)[O-])n2)cc1. The lowest BCUT2D eigenvalue weighted by Gasteiger charge is -2.16. The Morgan fingerprint density at radius 1 is 1.04 bits per heavy atom. The predicted octanol–water partition coefficient (Wildman–Crippen LogP) is 4.03. The molecule has 0 spiro atoms. The minimum atomic E-state index is -1.42. The first kappa shape index (κ1) is 35.4. The van der Waals surface area contributed by atoms with Crippen LogP contribution >= 0.6 is 0 Å². The number of imidazole rings is 1. The molecule has 0 fully saturated rings. The number of benzene rings is 2. The van der Waals surface area contributed by atoms with Gasteiger partial charge in [0.15, 0.2) is 5.69 Å². The Morgan fingerprint density at radius 2 is 1.73 bits per heavy atom. The molecule has 0 saturated heterocycles. The molecule has 17 heteroatoms. The highest BCUT2D eigenvalue weighted by molar-refractivity contribution is 5.87. The topological polar surface area (TPSA) is 216 Å². The molecular weight excluding hydrogens is 630 g/mol. The molecule has 2 aromatic heterocycles. The molecule has 2 aromatic carbocycles. The number of rotatable bonds is 17. The van der Waals surface area contributed by atoms with Crippen molar-refractivity contribution < 1.29 is 43.9 Å². The van der Waals surface area contributed by atoms with Crippen molar-refractivity contribution in [2.45, 2.75) is 58.9 Å². The smallest absolute Gasteiger partial charge is 0.477 e. The summed E-state index contributed by atoms with van der Waals surface area (Å²) in [6.45, 7) is 6.38. The number of carboxylic acids is 1. The van der Waals surface area contributed by atoms with E-state index in [-0.39, 0.29) is 50.2 Å². The highest BCUT2D eigenvalue weighted by Crippen LogP contribution is 2.31. The van der Waals surface area contributed by atoms with Gasteiger partial charge in [0.25, 0.3) is 5.09 Å². The Balaban J connectivity index is 1.44. The van der Waals surface area contributed by atoms with Gasteiger partial charge in [-0.1, -0.05) is 55.5 Å². The summed E-state index contributed by atoms with van der Waals surface area (Å²) < 4.78 is 16.8. The number of aromatic nitrogens is 6. The van der Waals surface area contributed by atoms with Crippen molar-refractivity contribution in [1.82, 2.24) is 29.8 Å². The lowest BCUT2D eigenvalue weighted by atomic mass is 9.98. The van der Waals surface area contributed by atoms with Gasteiger partial charge in [-0.15, -0.1) is 25.1 Å². The third-order valence-corrected chi connectivity index (χ3v) is 6.97. The van der Waals surface area contributed by atoms with Crippen LogP contribution in [0.4, 0.5) is 4.79 Å². The maximum absolute atomic E-state index is 12.3. The molecule has 0 aliphatic carbocycles. The van der Waals surface area contributed by atoms with Crippen LogP contribution in [-0.4, -0.2) is 83.6 Å². The van der Waals surface area contributed by atoms with Crippen LogP contribution in [0.5, 0.6) is 0 Å². The van der Waals surface area contributed by atoms with Gasteiger partial charge >= 0.3 is 12.1 Å². The van der Waals surface area contributed by atoms with Crippen LogP contribution in [0.1, 0.15) is 67.9 Å². The predicted molar refractivity (Wildman–Crippen MR) is 167 cm³/mol. The van der Waals surface area contributed by atoms with Crippen molar-refractivity contribution in [3.05, 3.63) is 81.4 Å². The molecular formula is C31H37N7O10. The van der Waals surface area contributed by atoms with E-state index in [1.54, 1.807) is 4.57 Å². The maximum Gasteiger partial charge on any atom is 0.510 e. The molecule has 2 heterocycles. The summed E-state index contributed by atoms with van der Waals surface area (Å²) in [6, 6.07) is 15.1. The van der Waals surface area contributed by atoms with Crippen LogP contribution in [0, 0.1) is 10.1 Å². The fraction of sp³-hybridized carbons (Fsp3) is 0.419. The van der Waals surface area contributed by atoms with Crippen molar-refractivity contribution >= 4 is 12.1 Å². The molecule has 256 valence electrons. The summed E-state index contributed by atoms with van der Waals surface area (Å²) in [7, 11) is 0. The zero-order valence-electron chi connectivity index (χ0n) is 26.9. The van der Waals surface area contributed by atoms with Crippen molar-refractivity contribution in [2.24, 2.45) is 0 Å². The first-order valence-electron chi connectivity index (χ1n) is 15.1. The minimum Gasteiger partial charge on any atom is -0.477 e. The number of aryl methyl sites for hydroxylation is 1. The summed E-state index contributed by atoms with van der Waals surface area (Å²) >= 11 is 0. The number of aliphatic hydroxyl groups is 1. The molecule has 17 nitrogen and oxygen atoms in total. The molecule has 0 aliphatic heterocycles. The average Bonchev–Trinajstić information content (AvgIpc) is 3.67. The highest BCUT2D eigenvalue weighted by atomic mass is 17.0. The fourth-order valence-electron chi connectivity index (χ4n) is 4.79. The van der Waals surface area contributed by atoms with E-state index in [2.05, 4.69) is 25.2 Å². The van der Waals surface area contributed by atoms with Gasteiger partial charge in [0.05, 0.1) is 13.2 Å². The number of hydrogen-bond acceptors (Lipinski definition) is 13. The monoisotopic (exact) mass is 667 g/mol. The number of ether oxygens (including phenoxy) is 3. The first-order chi connectivity index (χ1) is 22.9. The molecule has 0 amide bonds. The third-order valence-electron chi connectivity index (χ3n) is 6.97. The van der Waals surface area contributed by atoms with Gasteiger partial charge in [0, 0.05) is 18.5 Å². The van der Waals surface area contributed by atoms with Crippen molar-refractivity contribution in [2.75, 3.05) is 26.4 Å². The Hall–Kier alpha value is -5.42. The van der Waals surface area contributed by atoms with Crippen molar-refractivity contribution in [3.8, 4) is 22.5 Å². The van der Waals surface area contributed by atoms with Crippen LogP contribution in [0.3, 0.4) is 0 Å². The second-order valence-electron chi connectivity index (χ2n) is 11.1. The first-order valence-corrected chi connectivity index (χ1v) is 15.1. The Labute approximate surface area is 275 Å². The number of carbonyl (C=O) groups excluding carboxylic acids is 1. The molecule has 4 rings (SSSR count).